The number of carbonyl (C=O) groups excluding carboxylic acids is 1. The molecule has 1 atom stereocenters. The second-order valence-corrected chi connectivity index (χ2v) is 6.14. The Balaban J connectivity index is 2.03. The van der Waals surface area contributed by atoms with E-state index in [2.05, 4.69) is 15.3 Å². The molecule has 0 fully saturated rings. The summed E-state index contributed by atoms with van der Waals surface area (Å²) in [5.74, 6) is 0.606. The van der Waals surface area contributed by atoms with Gasteiger partial charge >= 0.3 is 0 Å². The number of nitrogens with zero attached hydrogens (tertiary/aromatic N) is 2. The predicted octanol–water partition coefficient (Wildman–Crippen LogP) is 4.90. The highest BCUT2D eigenvalue weighted by Crippen LogP contribution is 2.33. The fraction of sp³-hybridized carbons (Fsp3) is 0.150. The quantitative estimate of drug-likeness (QED) is 0.506. The molecule has 0 aliphatic rings. The van der Waals surface area contributed by atoms with Crippen LogP contribution >= 0.6 is 11.6 Å². The lowest BCUT2D eigenvalue weighted by molar-refractivity contribution is -0.108. The van der Waals surface area contributed by atoms with E-state index in [1.54, 1.807) is 12.3 Å². The van der Waals surface area contributed by atoms with Gasteiger partial charge in [-0.3, -0.25) is 0 Å². The molecule has 3 aromatic rings. The van der Waals surface area contributed by atoms with E-state index in [-0.39, 0.29) is 5.92 Å². The first-order valence-electron chi connectivity index (χ1n) is 8.02. The summed E-state index contributed by atoms with van der Waals surface area (Å²) in [5, 5.41) is 3.79. The molecule has 1 N–H and O–H groups in total. The lowest BCUT2D eigenvalue weighted by atomic mass is 9.90. The third-order valence-corrected chi connectivity index (χ3v) is 4.19. The Hall–Kier alpha value is -2.72. The Labute approximate surface area is 151 Å². The Bertz CT molecular complexity index is 851. The van der Waals surface area contributed by atoms with E-state index in [1.807, 2.05) is 55.5 Å². The number of pyridine rings is 2. The molecule has 0 saturated carbocycles. The third-order valence-electron chi connectivity index (χ3n) is 3.96. The molecule has 1 aromatic carbocycles. The van der Waals surface area contributed by atoms with Gasteiger partial charge in [0.2, 0.25) is 0 Å². The molecule has 0 saturated heterocycles. The Morgan fingerprint density at radius 1 is 1.12 bits per heavy atom. The van der Waals surface area contributed by atoms with E-state index in [0.29, 0.717) is 11.6 Å². The molecule has 5 heteroatoms. The minimum absolute atomic E-state index is 0.137. The number of rotatable bonds is 6. The number of benzene rings is 1. The number of hydrogen-bond donors (Lipinski definition) is 1. The maximum Gasteiger partial charge on any atom is 0.134 e. The summed E-state index contributed by atoms with van der Waals surface area (Å²) in [6, 6.07) is 17.4. The molecule has 0 spiro atoms. The van der Waals surface area contributed by atoms with E-state index in [9.17, 15) is 4.79 Å². The van der Waals surface area contributed by atoms with Crippen LogP contribution in [0.15, 0.2) is 60.8 Å². The smallest absolute Gasteiger partial charge is 0.134 e. The van der Waals surface area contributed by atoms with Gasteiger partial charge in [-0.2, -0.15) is 0 Å². The molecule has 0 aliphatic carbocycles. The summed E-state index contributed by atoms with van der Waals surface area (Å²) in [7, 11) is 0. The number of anilines is 2. The normalized spacial score (nSPS) is 11.8. The summed E-state index contributed by atoms with van der Waals surface area (Å²) in [6.07, 6.45) is 2.98. The molecule has 2 aromatic heterocycles. The van der Waals surface area contributed by atoms with Crippen LogP contribution in [-0.2, 0) is 4.79 Å². The molecule has 3 rings (SSSR count). The summed E-state index contributed by atoms with van der Waals surface area (Å²) in [6.45, 7) is 1.94. The molecule has 0 bridgehead atoms. The van der Waals surface area contributed by atoms with E-state index < -0.39 is 0 Å². The second kappa shape index (κ2) is 7.90. The average molecular weight is 352 g/mol. The molecule has 1 unspecified atom stereocenters. The Kier molecular flexibility index (Phi) is 5.41. The monoisotopic (exact) mass is 351 g/mol. The molecule has 2 heterocycles. The van der Waals surface area contributed by atoms with Gasteiger partial charge in [-0.25, -0.2) is 9.97 Å². The third kappa shape index (κ3) is 4.22. The predicted molar refractivity (Wildman–Crippen MR) is 100 cm³/mol. The average Bonchev–Trinajstić information content (AvgIpc) is 2.62. The van der Waals surface area contributed by atoms with Gasteiger partial charge in [0.05, 0.1) is 0 Å². The van der Waals surface area contributed by atoms with E-state index in [1.165, 1.54) is 0 Å². The van der Waals surface area contributed by atoms with Crippen LogP contribution in [0.5, 0.6) is 0 Å². The van der Waals surface area contributed by atoms with Crippen LogP contribution in [0.1, 0.15) is 29.2 Å². The van der Waals surface area contributed by atoms with Crippen molar-refractivity contribution in [2.45, 2.75) is 19.3 Å². The highest BCUT2D eigenvalue weighted by Gasteiger charge is 2.19. The molecule has 4 nitrogen and oxygen atoms in total. The van der Waals surface area contributed by atoms with Crippen LogP contribution in [-0.4, -0.2) is 16.3 Å². The number of aryl methyl sites for hydroxylation is 1. The first-order chi connectivity index (χ1) is 12.2. The van der Waals surface area contributed by atoms with Crippen molar-refractivity contribution < 1.29 is 4.79 Å². The standard InChI is InChI=1S/C20H18ClN3O/c1-14-7-9-18(20(23-14)24-16-5-3-2-4-6-16)17(11-12-25)15-8-10-19(21)22-13-15/h2-10,12-13,17H,11H2,1H3,(H,23,24). The van der Waals surface area contributed by atoms with Gasteiger partial charge in [-0.05, 0) is 36.8 Å². The largest absolute Gasteiger partial charge is 0.340 e. The van der Waals surface area contributed by atoms with Gasteiger partial charge in [0.15, 0.2) is 0 Å². The minimum Gasteiger partial charge on any atom is -0.340 e. The van der Waals surface area contributed by atoms with Crippen LogP contribution in [0.4, 0.5) is 11.5 Å². The molecule has 0 amide bonds. The fourth-order valence-corrected chi connectivity index (χ4v) is 2.85. The zero-order valence-corrected chi connectivity index (χ0v) is 14.6. The number of carbonyl (C=O) groups is 1. The van der Waals surface area contributed by atoms with Crippen molar-refractivity contribution in [3.63, 3.8) is 0 Å². The summed E-state index contributed by atoms with van der Waals surface area (Å²) in [5.41, 5.74) is 3.73. The zero-order chi connectivity index (χ0) is 17.6. The van der Waals surface area contributed by atoms with Crippen molar-refractivity contribution in [2.75, 3.05) is 5.32 Å². The SMILES string of the molecule is Cc1ccc(C(CC=O)c2ccc(Cl)nc2)c(Nc2ccccc2)n1. The van der Waals surface area contributed by atoms with Gasteiger partial charge in [0.1, 0.15) is 17.3 Å². The molecule has 0 aliphatic heterocycles. The van der Waals surface area contributed by atoms with Crippen LogP contribution < -0.4 is 5.32 Å². The minimum atomic E-state index is -0.137. The van der Waals surface area contributed by atoms with Crippen molar-refractivity contribution in [1.29, 1.82) is 0 Å². The van der Waals surface area contributed by atoms with Crippen molar-refractivity contribution in [2.24, 2.45) is 0 Å². The zero-order valence-electron chi connectivity index (χ0n) is 13.8. The summed E-state index contributed by atoms with van der Waals surface area (Å²) in [4.78, 5) is 20.1. The molecular weight excluding hydrogens is 334 g/mol. The van der Waals surface area contributed by atoms with Gasteiger partial charge in [-0.1, -0.05) is 41.9 Å². The molecule has 0 radical (unpaired) electrons. The van der Waals surface area contributed by atoms with E-state index >= 15 is 0 Å². The van der Waals surface area contributed by atoms with E-state index in [4.69, 9.17) is 11.6 Å². The first-order valence-corrected chi connectivity index (χ1v) is 8.40. The van der Waals surface area contributed by atoms with Gasteiger partial charge < -0.3 is 10.1 Å². The number of para-hydroxylation sites is 1. The fourth-order valence-electron chi connectivity index (χ4n) is 2.74. The molecule has 126 valence electrons. The topological polar surface area (TPSA) is 54.9 Å². The van der Waals surface area contributed by atoms with E-state index in [0.717, 1.165) is 34.6 Å². The summed E-state index contributed by atoms with van der Waals surface area (Å²) < 4.78 is 0. The van der Waals surface area contributed by atoms with Gasteiger partial charge in [0.25, 0.3) is 0 Å². The number of nitrogens with one attached hydrogen (secondary N) is 1. The van der Waals surface area contributed by atoms with Gasteiger partial charge in [0, 0.05) is 35.5 Å². The number of aldehydes is 1. The number of hydrogen-bond acceptors (Lipinski definition) is 4. The number of halogens is 1. The van der Waals surface area contributed by atoms with Crippen molar-refractivity contribution in [3.05, 3.63) is 82.8 Å². The Morgan fingerprint density at radius 3 is 2.60 bits per heavy atom. The number of aromatic nitrogens is 2. The van der Waals surface area contributed by atoms with Crippen LogP contribution in [0.2, 0.25) is 5.15 Å². The van der Waals surface area contributed by atoms with Crippen LogP contribution in [0, 0.1) is 6.92 Å². The van der Waals surface area contributed by atoms with Crippen LogP contribution in [0.25, 0.3) is 0 Å². The maximum absolute atomic E-state index is 11.3. The lowest BCUT2D eigenvalue weighted by Gasteiger charge is -2.19. The Morgan fingerprint density at radius 2 is 1.92 bits per heavy atom. The second-order valence-electron chi connectivity index (χ2n) is 5.75. The maximum atomic E-state index is 11.3. The highest BCUT2D eigenvalue weighted by atomic mass is 35.5. The highest BCUT2D eigenvalue weighted by molar-refractivity contribution is 6.29. The van der Waals surface area contributed by atoms with Crippen molar-refractivity contribution >= 4 is 29.4 Å². The van der Waals surface area contributed by atoms with Crippen LogP contribution in [0.3, 0.4) is 0 Å². The van der Waals surface area contributed by atoms with Gasteiger partial charge in [-0.15, -0.1) is 0 Å². The summed E-state index contributed by atoms with van der Waals surface area (Å²) >= 11 is 5.89. The first kappa shape index (κ1) is 17.1. The molecular formula is C20H18ClN3O. The van der Waals surface area contributed by atoms with Crippen molar-refractivity contribution in [3.8, 4) is 0 Å². The lowest BCUT2D eigenvalue weighted by Crippen LogP contribution is -2.08. The van der Waals surface area contributed by atoms with Crippen molar-refractivity contribution in [1.82, 2.24) is 9.97 Å². The molecule has 25 heavy (non-hydrogen) atoms.